The summed E-state index contributed by atoms with van der Waals surface area (Å²) >= 11 is 0. The summed E-state index contributed by atoms with van der Waals surface area (Å²) in [6.45, 7) is 9.66. The molecule has 17 heavy (non-hydrogen) atoms. The van der Waals surface area contributed by atoms with Crippen LogP contribution in [0.25, 0.3) is 0 Å². The van der Waals surface area contributed by atoms with E-state index in [1.54, 1.807) is 0 Å². The second-order valence-electron chi connectivity index (χ2n) is 6.24. The highest BCUT2D eigenvalue weighted by molar-refractivity contribution is 4.91. The molecule has 2 aliphatic rings. The maximum atomic E-state index is 3.85. The summed E-state index contributed by atoms with van der Waals surface area (Å²) < 4.78 is 0. The fourth-order valence-electron chi connectivity index (χ4n) is 3.18. The van der Waals surface area contributed by atoms with E-state index in [4.69, 9.17) is 0 Å². The van der Waals surface area contributed by atoms with Crippen molar-refractivity contribution >= 4 is 0 Å². The molecule has 1 N–H and O–H groups in total. The lowest BCUT2D eigenvalue weighted by atomic mass is 9.89. The Labute approximate surface area is 107 Å². The van der Waals surface area contributed by atoms with E-state index >= 15 is 0 Å². The van der Waals surface area contributed by atoms with Crippen LogP contribution >= 0.6 is 0 Å². The molecule has 2 nitrogen and oxygen atoms in total. The van der Waals surface area contributed by atoms with Gasteiger partial charge in [0.2, 0.25) is 0 Å². The molecule has 1 aliphatic heterocycles. The molecule has 2 heteroatoms. The van der Waals surface area contributed by atoms with Crippen LogP contribution in [0.1, 0.15) is 59.3 Å². The van der Waals surface area contributed by atoms with Gasteiger partial charge in [-0.1, -0.05) is 20.3 Å². The molecule has 0 radical (unpaired) electrons. The van der Waals surface area contributed by atoms with Crippen LogP contribution in [0.5, 0.6) is 0 Å². The molecule has 0 spiro atoms. The zero-order valence-corrected chi connectivity index (χ0v) is 11.9. The van der Waals surface area contributed by atoms with Gasteiger partial charge in [-0.25, -0.2) is 0 Å². The summed E-state index contributed by atoms with van der Waals surface area (Å²) in [5, 5.41) is 3.85. The van der Waals surface area contributed by atoms with E-state index in [2.05, 4.69) is 31.0 Å². The Bertz CT molecular complexity index is 225. The molecule has 2 fully saturated rings. The number of nitrogens with zero attached hydrogens (tertiary/aromatic N) is 1. The molecule has 1 saturated heterocycles. The highest BCUT2D eigenvalue weighted by Gasteiger charge is 2.32. The molecule has 3 atom stereocenters. The lowest BCUT2D eigenvalue weighted by Gasteiger charge is -2.41. The maximum absolute atomic E-state index is 3.85. The highest BCUT2D eigenvalue weighted by Crippen LogP contribution is 2.27. The van der Waals surface area contributed by atoms with Crippen molar-refractivity contribution in [3.63, 3.8) is 0 Å². The minimum atomic E-state index is 0.762. The van der Waals surface area contributed by atoms with Gasteiger partial charge >= 0.3 is 0 Å². The fraction of sp³-hybridized carbons (Fsp3) is 1.00. The van der Waals surface area contributed by atoms with Crippen LogP contribution in [0.4, 0.5) is 0 Å². The van der Waals surface area contributed by atoms with E-state index in [9.17, 15) is 0 Å². The number of rotatable bonds is 6. The Morgan fingerprint density at radius 1 is 1.18 bits per heavy atom. The van der Waals surface area contributed by atoms with Crippen molar-refractivity contribution in [2.24, 2.45) is 5.92 Å². The second kappa shape index (κ2) is 6.19. The summed E-state index contributed by atoms with van der Waals surface area (Å²) in [5.41, 5.74) is 0. The van der Waals surface area contributed by atoms with Gasteiger partial charge in [-0.15, -0.1) is 0 Å². The molecule has 1 heterocycles. The Morgan fingerprint density at radius 3 is 2.53 bits per heavy atom. The summed E-state index contributed by atoms with van der Waals surface area (Å²) in [5.74, 6) is 0.930. The lowest BCUT2D eigenvalue weighted by molar-refractivity contribution is 0.0975. The summed E-state index contributed by atoms with van der Waals surface area (Å²) in [4.78, 5) is 2.73. The van der Waals surface area contributed by atoms with Crippen LogP contribution in [0.3, 0.4) is 0 Å². The van der Waals surface area contributed by atoms with E-state index in [1.165, 1.54) is 51.6 Å². The molecule has 0 aromatic rings. The fourth-order valence-corrected chi connectivity index (χ4v) is 3.18. The topological polar surface area (TPSA) is 15.3 Å². The predicted octanol–water partition coefficient (Wildman–Crippen LogP) is 3.03. The Morgan fingerprint density at radius 2 is 1.94 bits per heavy atom. The Hall–Kier alpha value is -0.0800. The van der Waals surface area contributed by atoms with Crippen molar-refractivity contribution in [1.82, 2.24) is 10.2 Å². The third-order valence-electron chi connectivity index (χ3n) is 4.53. The first-order valence-corrected chi connectivity index (χ1v) is 7.73. The zero-order chi connectivity index (χ0) is 12.3. The molecule has 1 saturated carbocycles. The van der Waals surface area contributed by atoms with Crippen LogP contribution in [-0.2, 0) is 0 Å². The van der Waals surface area contributed by atoms with E-state index in [1.807, 2.05) is 0 Å². The second-order valence-corrected chi connectivity index (χ2v) is 6.24. The van der Waals surface area contributed by atoms with Crippen molar-refractivity contribution in [2.75, 3.05) is 13.1 Å². The van der Waals surface area contributed by atoms with E-state index in [0.717, 1.165) is 24.0 Å². The van der Waals surface area contributed by atoms with Gasteiger partial charge in [-0.2, -0.15) is 0 Å². The number of likely N-dealkylation sites (tertiary alicyclic amines) is 1. The quantitative estimate of drug-likeness (QED) is 0.765. The normalized spacial score (nSPS) is 32.6. The van der Waals surface area contributed by atoms with Gasteiger partial charge in [0.1, 0.15) is 0 Å². The molecule has 0 bridgehead atoms. The molecule has 100 valence electrons. The van der Waals surface area contributed by atoms with Crippen LogP contribution in [0, 0.1) is 5.92 Å². The predicted molar refractivity (Wildman–Crippen MR) is 74.3 cm³/mol. The van der Waals surface area contributed by atoms with Crippen LogP contribution in [0.2, 0.25) is 0 Å². The molecule has 0 amide bonds. The average molecular weight is 238 g/mol. The first kappa shape index (κ1) is 13.4. The molecular formula is C15H30N2. The minimum absolute atomic E-state index is 0.762. The smallest absolute Gasteiger partial charge is 0.0200 e. The van der Waals surface area contributed by atoms with Gasteiger partial charge in [0.25, 0.3) is 0 Å². The van der Waals surface area contributed by atoms with Gasteiger partial charge in [0.15, 0.2) is 0 Å². The SMILES string of the molecule is CCCC1CC(NC2CC2)CN(C(C)CC)C1. The van der Waals surface area contributed by atoms with Gasteiger partial charge in [-0.3, -0.25) is 4.90 Å². The van der Waals surface area contributed by atoms with E-state index in [-0.39, 0.29) is 0 Å². The minimum Gasteiger partial charge on any atom is -0.310 e. The standard InChI is InChI=1S/C15H30N2/c1-4-6-13-9-15(16-14-7-8-14)11-17(10-13)12(3)5-2/h12-16H,4-11H2,1-3H3. The summed E-state index contributed by atoms with van der Waals surface area (Å²) in [7, 11) is 0. The van der Waals surface area contributed by atoms with Gasteiger partial charge in [0.05, 0.1) is 0 Å². The molecule has 0 aromatic carbocycles. The molecule has 2 rings (SSSR count). The van der Waals surface area contributed by atoms with Crippen molar-refractivity contribution < 1.29 is 0 Å². The van der Waals surface area contributed by atoms with Crippen LogP contribution in [0.15, 0.2) is 0 Å². The van der Waals surface area contributed by atoms with Gasteiger partial charge in [0, 0.05) is 31.2 Å². The summed E-state index contributed by atoms with van der Waals surface area (Å²) in [6, 6.07) is 2.39. The van der Waals surface area contributed by atoms with Crippen molar-refractivity contribution in [3.05, 3.63) is 0 Å². The van der Waals surface area contributed by atoms with E-state index in [0.29, 0.717) is 0 Å². The Balaban J connectivity index is 1.88. The molecule has 1 aliphatic carbocycles. The van der Waals surface area contributed by atoms with Crippen molar-refractivity contribution in [1.29, 1.82) is 0 Å². The lowest BCUT2D eigenvalue weighted by Crippen LogP contribution is -2.52. The van der Waals surface area contributed by atoms with Crippen LogP contribution in [-0.4, -0.2) is 36.1 Å². The largest absolute Gasteiger partial charge is 0.310 e. The third-order valence-corrected chi connectivity index (χ3v) is 4.53. The van der Waals surface area contributed by atoms with Crippen LogP contribution < -0.4 is 5.32 Å². The zero-order valence-electron chi connectivity index (χ0n) is 11.9. The number of piperidine rings is 1. The Kier molecular flexibility index (Phi) is 4.87. The number of hydrogen-bond donors (Lipinski definition) is 1. The first-order valence-electron chi connectivity index (χ1n) is 7.73. The molecule has 3 unspecified atom stereocenters. The highest BCUT2D eigenvalue weighted by atomic mass is 15.2. The van der Waals surface area contributed by atoms with E-state index < -0.39 is 0 Å². The van der Waals surface area contributed by atoms with Gasteiger partial charge in [-0.05, 0) is 44.9 Å². The third kappa shape index (κ3) is 3.96. The van der Waals surface area contributed by atoms with Crippen molar-refractivity contribution in [3.8, 4) is 0 Å². The number of nitrogens with one attached hydrogen (secondary N) is 1. The molecular weight excluding hydrogens is 208 g/mol. The maximum Gasteiger partial charge on any atom is 0.0200 e. The molecule has 0 aromatic heterocycles. The summed E-state index contributed by atoms with van der Waals surface area (Å²) in [6.07, 6.45) is 8.29. The monoisotopic (exact) mass is 238 g/mol. The van der Waals surface area contributed by atoms with Crippen molar-refractivity contribution in [2.45, 2.75) is 77.4 Å². The average Bonchev–Trinajstić information content (AvgIpc) is 3.12. The number of hydrogen-bond acceptors (Lipinski definition) is 2. The first-order chi connectivity index (χ1) is 8.22. The van der Waals surface area contributed by atoms with Gasteiger partial charge < -0.3 is 5.32 Å².